The number of aliphatic hydroxyl groups is 2. The molecule has 1 aromatic carbocycles. The summed E-state index contributed by atoms with van der Waals surface area (Å²) in [5.74, 6) is -0.137. The second kappa shape index (κ2) is 6.43. The van der Waals surface area contributed by atoms with Gasteiger partial charge < -0.3 is 14.9 Å². The molecule has 0 saturated heterocycles. The monoisotopic (exact) mass is 304 g/mol. The van der Waals surface area contributed by atoms with Crippen molar-refractivity contribution in [1.29, 1.82) is 0 Å². The Balaban J connectivity index is 0.000000261. The summed E-state index contributed by atoms with van der Waals surface area (Å²) in [6.45, 7) is 6.31. The molecule has 2 rings (SSSR count). The maximum absolute atomic E-state index is 11.5. The standard InChI is InChI=1S/C11H11BO2.C6H14O2/c1-14-10(13)11(6-7-11)8-2-4-9(12)5-3-8;1-5(2,7)6(3,4)8/h2-5H,6-7H2,1H3;7-8H,1-4H3. The predicted octanol–water partition coefficient (Wildman–Crippen LogP) is 1.21. The van der Waals surface area contributed by atoms with Crippen LogP contribution in [0.3, 0.4) is 0 Å². The summed E-state index contributed by atoms with van der Waals surface area (Å²) in [4.78, 5) is 11.5. The summed E-state index contributed by atoms with van der Waals surface area (Å²) in [6, 6.07) is 7.44. The van der Waals surface area contributed by atoms with Crippen molar-refractivity contribution in [2.75, 3.05) is 7.11 Å². The van der Waals surface area contributed by atoms with Crippen LogP contribution in [0.4, 0.5) is 0 Å². The van der Waals surface area contributed by atoms with E-state index in [0.717, 1.165) is 23.9 Å². The van der Waals surface area contributed by atoms with E-state index in [0.29, 0.717) is 0 Å². The van der Waals surface area contributed by atoms with Gasteiger partial charge in [0.05, 0.1) is 23.7 Å². The van der Waals surface area contributed by atoms with Gasteiger partial charge in [0, 0.05) is 0 Å². The van der Waals surface area contributed by atoms with Crippen molar-refractivity contribution in [1.82, 2.24) is 0 Å². The average Bonchev–Trinajstić information content (AvgIpc) is 3.18. The van der Waals surface area contributed by atoms with Gasteiger partial charge in [-0.05, 0) is 46.1 Å². The topological polar surface area (TPSA) is 66.8 Å². The third-order valence-corrected chi connectivity index (χ3v) is 4.29. The molecular formula is C17H25BO4. The van der Waals surface area contributed by atoms with Crippen molar-refractivity contribution in [3.8, 4) is 0 Å². The SMILES string of the molecule is CC(C)(O)C(C)(C)O.[B]c1ccc(C2(C(=O)OC)CC2)cc1. The first-order valence-corrected chi connectivity index (χ1v) is 7.33. The van der Waals surface area contributed by atoms with Crippen LogP contribution in [0.15, 0.2) is 24.3 Å². The summed E-state index contributed by atoms with van der Waals surface area (Å²) in [7, 11) is 7.01. The Morgan fingerprint density at radius 3 is 1.77 bits per heavy atom. The Morgan fingerprint density at radius 1 is 1.09 bits per heavy atom. The van der Waals surface area contributed by atoms with E-state index in [1.807, 2.05) is 24.3 Å². The van der Waals surface area contributed by atoms with Crippen LogP contribution in [-0.2, 0) is 14.9 Å². The van der Waals surface area contributed by atoms with Gasteiger partial charge in [-0.3, -0.25) is 4.79 Å². The Hall–Kier alpha value is -1.33. The van der Waals surface area contributed by atoms with E-state index in [1.165, 1.54) is 7.11 Å². The number of hydrogen-bond donors (Lipinski definition) is 2. The number of carbonyl (C=O) groups is 1. The van der Waals surface area contributed by atoms with Crippen LogP contribution in [-0.4, -0.2) is 42.3 Å². The van der Waals surface area contributed by atoms with Gasteiger partial charge in [-0.2, -0.15) is 0 Å². The number of rotatable bonds is 3. The molecule has 0 atom stereocenters. The lowest BCUT2D eigenvalue weighted by atomic mass is 9.90. The summed E-state index contributed by atoms with van der Waals surface area (Å²) in [5, 5.41) is 18.2. The zero-order valence-electron chi connectivity index (χ0n) is 14.0. The number of esters is 1. The van der Waals surface area contributed by atoms with Crippen LogP contribution in [0.1, 0.15) is 46.1 Å². The van der Waals surface area contributed by atoms with Crippen LogP contribution in [0.2, 0.25) is 0 Å². The maximum Gasteiger partial charge on any atom is 0.316 e. The van der Waals surface area contributed by atoms with Gasteiger partial charge in [0.1, 0.15) is 7.85 Å². The van der Waals surface area contributed by atoms with Crippen molar-refractivity contribution in [3.63, 3.8) is 0 Å². The fourth-order valence-corrected chi connectivity index (χ4v) is 1.73. The van der Waals surface area contributed by atoms with E-state index in [2.05, 4.69) is 0 Å². The Morgan fingerprint density at radius 2 is 1.50 bits per heavy atom. The summed E-state index contributed by atoms with van der Waals surface area (Å²) in [5.41, 5.74) is -0.657. The zero-order chi connectivity index (χ0) is 17.2. The number of methoxy groups -OCH3 is 1. The first-order chi connectivity index (χ1) is 9.94. The molecule has 1 aliphatic rings. The van der Waals surface area contributed by atoms with Gasteiger partial charge >= 0.3 is 5.97 Å². The van der Waals surface area contributed by atoms with Gasteiger partial charge in [-0.15, -0.1) is 0 Å². The molecule has 0 spiro atoms. The first-order valence-electron chi connectivity index (χ1n) is 7.33. The van der Waals surface area contributed by atoms with Crippen molar-refractivity contribution < 1.29 is 19.7 Å². The normalized spacial score (nSPS) is 16.3. The molecule has 0 bridgehead atoms. The van der Waals surface area contributed by atoms with E-state index in [1.54, 1.807) is 27.7 Å². The van der Waals surface area contributed by atoms with Crippen LogP contribution in [0.5, 0.6) is 0 Å². The highest BCUT2D eigenvalue weighted by atomic mass is 16.5. The highest BCUT2D eigenvalue weighted by Gasteiger charge is 2.52. The molecule has 1 fully saturated rings. The fraction of sp³-hybridized carbons (Fsp3) is 0.588. The van der Waals surface area contributed by atoms with Gasteiger partial charge in [-0.25, -0.2) is 0 Å². The second-order valence-corrected chi connectivity index (χ2v) is 6.81. The van der Waals surface area contributed by atoms with Crippen LogP contribution < -0.4 is 5.46 Å². The molecule has 0 heterocycles. The van der Waals surface area contributed by atoms with E-state index in [4.69, 9.17) is 22.8 Å². The Kier molecular flexibility index (Phi) is 5.47. The Labute approximate surface area is 133 Å². The van der Waals surface area contributed by atoms with Gasteiger partial charge in [0.15, 0.2) is 0 Å². The molecule has 2 radical (unpaired) electrons. The third-order valence-electron chi connectivity index (χ3n) is 4.29. The second-order valence-electron chi connectivity index (χ2n) is 6.81. The Bertz CT molecular complexity index is 493. The molecule has 120 valence electrons. The minimum Gasteiger partial charge on any atom is -0.468 e. The summed E-state index contributed by atoms with van der Waals surface area (Å²) in [6.07, 6.45) is 1.76. The lowest BCUT2D eigenvalue weighted by Gasteiger charge is -2.31. The highest BCUT2D eigenvalue weighted by molar-refractivity contribution is 6.32. The number of benzene rings is 1. The molecule has 1 aromatic rings. The minimum atomic E-state index is -1.01. The van der Waals surface area contributed by atoms with Gasteiger partial charge in [-0.1, -0.05) is 29.7 Å². The van der Waals surface area contributed by atoms with Crippen LogP contribution in [0, 0.1) is 0 Å². The molecule has 4 nitrogen and oxygen atoms in total. The lowest BCUT2D eigenvalue weighted by Crippen LogP contribution is -2.44. The fourth-order valence-electron chi connectivity index (χ4n) is 1.73. The van der Waals surface area contributed by atoms with Gasteiger partial charge in [0.25, 0.3) is 0 Å². The first kappa shape index (κ1) is 18.7. The maximum atomic E-state index is 11.5. The smallest absolute Gasteiger partial charge is 0.316 e. The van der Waals surface area contributed by atoms with Gasteiger partial charge in [0.2, 0.25) is 0 Å². The predicted molar refractivity (Wildman–Crippen MR) is 87.4 cm³/mol. The van der Waals surface area contributed by atoms with Crippen LogP contribution in [0.25, 0.3) is 0 Å². The average molecular weight is 304 g/mol. The van der Waals surface area contributed by atoms with Crippen LogP contribution >= 0.6 is 0 Å². The quantitative estimate of drug-likeness (QED) is 0.651. The number of hydrogen-bond acceptors (Lipinski definition) is 4. The third kappa shape index (κ3) is 4.34. The van der Waals surface area contributed by atoms with Crippen molar-refractivity contribution in [3.05, 3.63) is 29.8 Å². The molecule has 0 aliphatic heterocycles. The molecule has 0 aromatic heterocycles. The molecule has 0 unspecified atom stereocenters. The number of carbonyl (C=O) groups excluding carboxylic acids is 1. The highest BCUT2D eigenvalue weighted by Crippen LogP contribution is 2.48. The van der Waals surface area contributed by atoms with E-state index < -0.39 is 11.2 Å². The molecule has 2 N–H and O–H groups in total. The molecular weight excluding hydrogens is 279 g/mol. The van der Waals surface area contributed by atoms with Crippen molar-refractivity contribution in [2.24, 2.45) is 0 Å². The summed E-state index contributed by atoms with van der Waals surface area (Å²) >= 11 is 0. The lowest BCUT2D eigenvalue weighted by molar-refractivity contribution is -0.143. The largest absolute Gasteiger partial charge is 0.468 e. The van der Waals surface area contributed by atoms with Crippen molar-refractivity contribution in [2.45, 2.75) is 57.2 Å². The van der Waals surface area contributed by atoms with E-state index >= 15 is 0 Å². The molecule has 1 saturated carbocycles. The zero-order valence-corrected chi connectivity index (χ0v) is 14.0. The van der Waals surface area contributed by atoms with Crippen molar-refractivity contribution >= 4 is 19.3 Å². The summed E-state index contributed by atoms with van der Waals surface area (Å²) < 4.78 is 4.79. The van der Waals surface area contributed by atoms with E-state index in [-0.39, 0.29) is 11.4 Å². The minimum absolute atomic E-state index is 0.137. The molecule has 5 heteroatoms. The van der Waals surface area contributed by atoms with E-state index in [9.17, 15) is 4.79 Å². The molecule has 22 heavy (non-hydrogen) atoms. The molecule has 1 aliphatic carbocycles. The number of ether oxygens (including phenoxy) is 1. The molecule has 0 amide bonds.